The Bertz CT molecular complexity index is 225. The molecule has 0 N–H and O–H groups in total. The summed E-state index contributed by atoms with van der Waals surface area (Å²) in [4.78, 5) is 1.37. The quantitative estimate of drug-likeness (QED) is 0.454. The van der Waals surface area contributed by atoms with Crippen LogP contribution in [0.1, 0.15) is 5.56 Å². The number of thioether (sulfide) groups is 1. The summed E-state index contributed by atoms with van der Waals surface area (Å²) in [5.41, 5.74) is 1.37. The van der Waals surface area contributed by atoms with Gasteiger partial charge in [0.25, 0.3) is 0 Å². The highest BCUT2D eigenvalue weighted by atomic mass is 32.2. The maximum Gasteiger partial charge on any atom is 0.00983 e. The van der Waals surface area contributed by atoms with Crippen molar-refractivity contribution in [2.24, 2.45) is 0 Å². The molecular weight excluding hydrogens is 152 g/mol. The topological polar surface area (TPSA) is 0 Å². The zero-order chi connectivity index (χ0) is 8.69. The van der Waals surface area contributed by atoms with Gasteiger partial charge in [0.1, 0.15) is 0 Å². The van der Waals surface area contributed by atoms with E-state index >= 15 is 0 Å². The Balaban J connectivity index is 0.000000461. The van der Waals surface area contributed by atoms with Gasteiger partial charge in [-0.2, -0.15) is 0 Å². The Hall–Kier alpha value is -0.870. The van der Waals surface area contributed by atoms with Gasteiger partial charge in [0, 0.05) is 4.90 Å². The lowest BCUT2D eigenvalue weighted by molar-refractivity contribution is 1.31. The van der Waals surface area contributed by atoms with Crippen molar-refractivity contribution < 1.29 is 0 Å². The predicted molar refractivity (Wildman–Crippen MR) is 52.9 cm³/mol. The lowest BCUT2D eigenvalue weighted by atomic mass is 10.2. The Morgan fingerprint density at radius 1 is 1.18 bits per heavy atom. The van der Waals surface area contributed by atoms with E-state index in [2.05, 4.69) is 50.3 Å². The van der Waals surface area contributed by atoms with Crippen molar-refractivity contribution >= 4 is 11.8 Å². The van der Waals surface area contributed by atoms with E-state index in [4.69, 9.17) is 0 Å². The maximum atomic E-state index is 4.00. The SMILES string of the molecule is C#C.CSc1ccccc1C. The second-order valence-corrected chi connectivity index (χ2v) is 2.82. The summed E-state index contributed by atoms with van der Waals surface area (Å²) in [5, 5.41) is 0. The third-order valence-electron chi connectivity index (χ3n) is 1.31. The molecule has 0 amide bonds. The van der Waals surface area contributed by atoms with Crippen LogP contribution in [-0.4, -0.2) is 6.26 Å². The molecule has 0 bridgehead atoms. The molecule has 0 saturated heterocycles. The van der Waals surface area contributed by atoms with Crippen LogP contribution in [0.5, 0.6) is 0 Å². The molecule has 1 aromatic carbocycles. The average molecular weight is 164 g/mol. The van der Waals surface area contributed by atoms with E-state index in [1.807, 2.05) is 0 Å². The fourth-order valence-corrected chi connectivity index (χ4v) is 1.39. The van der Waals surface area contributed by atoms with Crippen LogP contribution in [0.25, 0.3) is 0 Å². The van der Waals surface area contributed by atoms with Crippen molar-refractivity contribution in [3.05, 3.63) is 29.8 Å². The molecule has 0 aliphatic rings. The van der Waals surface area contributed by atoms with Crippen LogP contribution < -0.4 is 0 Å². The Labute approximate surface area is 73.0 Å². The van der Waals surface area contributed by atoms with Gasteiger partial charge in [-0.05, 0) is 24.8 Å². The second kappa shape index (κ2) is 5.88. The van der Waals surface area contributed by atoms with Crippen LogP contribution >= 0.6 is 11.8 Å². The Morgan fingerprint density at radius 3 is 2.09 bits per heavy atom. The molecule has 1 heteroatoms. The first-order valence-corrected chi connectivity index (χ1v) is 4.50. The van der Waals surface area contributed by atoms with E-state index in [1.165, 1.54) is 10.5 Å². The summed E-state index contributed by atoms with van der Waals surface area (Å²) in [6, 6.07) is 8.40. The minimum Gasteiger partial charge on any atom is -0.129 e. The van der Waals surface area contributed by atoms with Crippen LogP contribution in [-0.2, 0) is 0 Å². The number of rotatable bonds is 1. The van der Waals surface area contributed by atoms with E-state index in [9.17, 15) is 0 Å². The molecule has 1 rings (SSSR count). The number of hydrogen-bond donors (Lipinski definition) is 0. The van der Waals surface area contributed by atoms with Crippen molar-refractivity contribution in [3.63, 3.8) is 0 Å². The fraction of sp³-hybridized carbons (Fsp3) is 0.200. The molecule has 0 aliphatic carbocycles. The van der Waals surface area contributed by atoms with Crippen molar-refractivity contribution in [1.29, 1.82) is 0 Å². The van der Waals surface area contributed by atoms with Gasteiger partial charge < -0.3 is 0 Å². The standard InChI is InChI=1S/C8H10S.C2H2/c1-7-5-3-4-6-8(7)9-2;1-2/h3-6H,1-2H3;1-2H. The number of aryl methyl sites for hydroxylation is 1. The van der Waals surface area contributed by atoms with E-state index < -0.39 is 0 Å². The fourth-order valence-electron chi connectivity index (χ4n) is 0.785. The molecule has 0 saturated carbocycles. The monoisotopic (exact) mass is 164 g/mol. The summed E-state index contributed by atoms with van der Waals surface area (Å²) in [7, 11) is 0. The molecule has 58 valence electrons. The zero-order valence-electron chi connectivity index (χ0n) is 6.87. The summed E-state index contributed by atoms with van der Waals surface area (Å²) < 4.78 is 0. The minimum atomic E-state index is 1.37. The van der Waals surface area contributed by atoms with E-state index in [0.29, 0.717) is 0 Å². The van der Waals surface area contributed by atoms with Crippen LogP contribution in [0, 0.1) is 19.8 Å². The van der Waals surface area contributed by atoms with Gasteiger partial charge in [0.15, 0.2) is 0 Å². The third-order valence-corrected chi connectivity index (χ3v) is 2.21. The molecule has 0 unspecified atom stereocenters. The molecule has 1 aromatic rings. The molecule has 0 atom stereocenters. The summed E-state index contributed by atoms with van der Waals surface area (Å²) in [6.07, 6.45) is 10.1. The minimum absolute atomic E-state index is 1.37. The first-order chi connectivity index (χ1) is 5.34. The van der Waals surface area contributed by atoms with Crippen molar-refractivity contribution in [2.75, 3.05) is 6.26 Å². The third kappa shape index (κ3) is 3.15. The molecule has 0 radical (unpaired) electrons. The highest BCUT2D eigenvalue weighted by Gasteiger charge is 1.90. The maximum absolute atomic E-state index is 4.00. The average Bonchev–Trinajstić information content (AvgIpc) is 2.09. The van der Waals surface area contributed by atoms with Crippen molar-refractivity contribution in [3.8, 4) is 12.8 Å². The summed E-state index contributed by atoms with van der Waals surface area (Å²) in [6.45, 7) is 2.13. The highest BCUT2D eigenvalue weighted by molar-refractivity contribution is 7.98. The van der Waals surface area contributed by atoms with Crippen molar-refractivity contribution in [1.82, 2.24) is 0 Å². The summed E-state index contributed by atoms with van der Waals surface area (Å²) >= 11 is 1.80. The molecule has 0 aromatic heterocycles. The molecule has 0 heterocycles. The molecule has 0 spiro atoms. The number of hydrogen-bond acceptors (Lipinski definition) is 1. The number of benzene rings is 1. The first-order valence-electron chi connectivity index (χ1n) is 3.27. The first kappa shape index (κ1) is 10.1. The van der Waals surface area contributed by atoms with Gasteiger partial charge in [0.2, 0.25) is 0 Å². The largest absolute Gasteiger partial charge is 0.129 e. The molecule has 0 nitrogen and oxygen atoms in total. The van der Waals surface area contributed by atoms with Gasteiger partial charge >= 0.3 is 0 Å². The predicted octanol–water partition coefficient (Wildman–Crippen LogP) is 2.97. The molecule has 0 fully saturated rings. The van der Waals surface area contributed by atoms with Crippen molar-refractivity contribution in [2.45, 2.75) is 11.8 Å². The molecule has 11 heavy (non-hydrogen) atoms. The normalized spacial score (nSPS) is 8.00. The van der Waals surface area contributed by atoms with Gasteiger partial charge in [-0.25, -0.2) is 0 Å². The van der Waals surface area contributed by atoms with Crippen LogP contribution in [0.4, 0.5) is 0 Å². The van der Waals surface area contributed by atoms with Gasteiger partial charge in [-0.1, -0.05) is 18.2 Å². The van der Waals surface area contributed by atoms with Crippen LogP contribution in [0.3, 0.4) is 0 Å². The van der Waals surface area contributed by atoms with Gasteiger partial charge in [-0.3, -0.25) is 0 Å². The smallest absolute Gasteiger partial charge is 0.00983 e. The lowest BCUT2D eigenvalue weighted by Gasteiger charge is -1.97. The van der Waals surface area contributed by atoms with Gasteiger partial charge in [-0.15, -0.1) is 24.6 Å². The van der Waals surface area contributed by atoms with E-state index in [-0.39, 0.29) is 0 Å². The Morgan fingerprint density at radius 2 is 1.73 bits per heavy atom. The van der Waals surface area contributed by atoms with Crippen LogP contribution in [0.15, 0.2) is 29.2 Å². The zero-order valence-corrected chi connectivity index (χ0v) is 7.69. The number of terminal acetylenes is 1. The second-order valence-electron chi connectivity index (χ2n) is 1.97. The van der Waals surface area contributed by atoms with Crippen LogP contribution in [0.2, 0.25) is 0 Å². The summed E-state index contributed by atoms with van der Waals surface area (Å²) in [5.74, 6) is 0. The molecule has 0 aliphatic heterocycles. The van der Waals surface area contributed by atoms with E-state index in [1.54, 1.807) is 11.8 Å². The lowest BCUT2D eigenvalue weighted by Crippen LogP contribution is -1.74. The highest BCUT2D eigenvalue weighted by Crippen LogP contribution is 2.17. The molecular formula is C10H12S. The van der Waals surface area contributed by atoms with Gasteiger partial charge in [0.05, 0.1) is 0 Å². The van der Waals surface area contributed by atoms with E-state index in [0.717, 1.165) is 0 Å². The Kier molecular flexibility index (Phi) is 5.42.